The lowest BCUT2D eigenvalue weighted by Crippen LogP contribution is -2.13. The molecule has 1 N–H and O–H groups in total. The van der Waals surface area contributed by atoms with E-state index in [1.165, 1.54) is 11.1 Å². The summed E-state index contributed by atoms with van der Waals surface area (Å²) in [6.07, 6.45) is 1.12. The molecule has 3 heteroatoms. The Balaban J connectivity index is 1.49. The molecule has 0 unspecified atom stereocenters. The van der Waals surface area contributed by atoms with E-state index in [1.807, 2.05) is 48.5 Å². The maximum absolute atomic E-state index is 12.3. The average molecular weight is 361 g/mol. The van der Waals surface area contributed by atoms with Crippen LogP contribution in [0.4, 0.5) is 5.69 Å². The number of ether oxygens (including phenoxy) is 1. The van der Waals surface area contributed by atoms with Gasteiger partial charge in [-0.3, -0.25) is 4.79 Å². The number of amides is 1. The predicted molar refractivity (Wildman–Crippen MR) is 113 cm³/mol. The second-order valence-electron chi connectivity index (χ2n) is 7.20. The van der Waals surface area contributed by atoms with Crippen LogP contribution in [0, 0.1) is 6.92 Å². The van der Waals surface area contributed by atoms with Gasteiger partial charge in [-0.2, -0.15) is 0 Å². The molecule has 0 saturated carbocycles. The molecule has 0 aliphatic heterocycles. The van der Waals surface area contributed by atoms with E-state index in [-0.39, 0.29) is 5.91 Å². The van der Waals surface area contributed by atoms with Crippen LogP contribution in [0.2, 0.25) is 0 Å². The summed E-state index contributed by atoms with van der Waals surface area (Å²) in [5.41, 5.74) is 3.45. The average Bonchev–Trinajstić information content (AvgIpc) is 2.65. The Bertz CT molecular complexity index is 925. The molecular formula is C24H27NO2. The number of hydrogen-bond acceptors (Lipinski definition) is 2. The zero-order chi connectivity index (χ0) is 19.2. The molecule has 0 heterocycles. The van der Waals surface area contributed by atoms with E-state index in [2.05, 4.69) is 38.2 Å². The van der Waals surface area contributed by atoms with E-state index in [0.717, 1.165) is 22.2 Å². The Morgan fingerprint density at radius 2 is 1.81 bits per heavy atom. The molecule has 0 aliphatic carbocycles. The molecule has 140 valence electrons. The van der Waals surface area contributed by atoms with Crippen molar-refractivity contribution in [2.75, 3.05) is 11.9 Å². The van der Waals surface area contributed by atoms with Crippen molar-refractivity contribution in [3.05, 3.63) is 71.8 Å². The molecule has 27 heavy (non-hydrogen) atoms. The monoisotopic (exact) mass is 361 g/mol. The van der Waals surface area contributed by atoms with Gasteiger partial charge in [0.05, 0.1) is 6.61 Å². The van der Waals surface area contributed by atoms with E-state index in [9.17, 15) is 4.79 Å². The Kier molecular flexibility index (Phi) is 6.12. The number of aryl methyl sites for hydroxylation is 1. The van der Waals surface area contributed by atoms with Gasteiger partial charge in [0.1, 0.15) is 5.75 Å². The number of benzene rings is 3. The lowest BCUT2D eigenvalue weighted by Gasteiger charge is -2.12. The van der Waals surface area contributed by atoms with E-state index in [4.69, 9.17) is 4.74 Å². The number of anilines is 1. The second-order valence-corrected chi connectivity index (χ2v) is 7.20. The fourth-order valence-electron chi connectivity index (χ4n) is 3.36. The van der Waals surface area contributed by atoms with Crippen LogP contribution in [0.3, 0.4) is 0 Å². The van der Waals surface area contributed by atoms with Crippen LogP contribution in [0.25, 0.3) is 10.8 Å². The molecule has 0 aliphatic rings. The molecule has 0 bridgehead atoms. The molecular weight excluding hydrogens is 334 g/mol. The molecule has 3 rings (SSSR count). The van der Waals surface area contributed by atoms with Gasteiger partial charge in [0, 0.05) is 17.5 Å². The van der Waals surface area contributed by atoms with E-state index in [1.54, 1.807) is 0 Å². The smallest absolute Gasteiger partial charge is 0.224 e. The van der Waals surface area contributed by atoms with Gasteiger partial charge >= 0.3 is 0 Å². The van der Waals surface area contributed by atoms with Crippen molar-refractivity contribution in [2.24, 2.45) is 0 Å². The highest BCUT2D eigenvalue weighted by Crippen LogP contribution is 2.24. The Morgan fingerprint density at radius 1 is 1.04 bits per heavy atom. The van der Waals surface area contributed by atoms with Gasteiger partial charge in [-0.25, -0.2) is 0 Å². The van der Waals surface area contributed by atoms with Crippen molar-refractivity contribution in [1.29, 1.82) is 0 Å². The van der Waals surface area contributed by atoms with Gasteiger partial charge in [0.25, 0.3) is 0 Å². The molecule has 3 aromatic rings. The Hall–Kier alpha value is -2.81. The molecule has 0 saturated heterocycles. The summed E-state index contributed by atoms with van der Waals surface area (Å²) in [7, 11) is 0. The third-order valence-corrected chi connectivity index (χ3v) is 4.74. The second kappa shape index (κ2) is 8.72. The summed E-state index contributed by atoms with van der Waals surface area (Å²) in [5.74, 6) is 1.39. The molecule has 0 spiro atoms. The highest BCUT2D eigenvalue weighted by molar-refractivity contribution is 6.02. The fraction of sp³-hybridized carbons (Fsp3) is 0.292. The van der Waals surface area contributed by atoms with E-state index < -0.39 is 0 Å². The van der Waals surface area contributed by atoms with Crippen molar-refractivity contribution in [2.45, 2.75) is 39.5 Å². The van der Waals surface area contributed by atoms with Gasteiger partial charge in [-0.05, 0) is 54.0 Å². The fourth-order valence-corrected chi connectivity index (χ4v) is 3.36. The molecule has 1 amide bonds. The molecule has 0 aromatic heterocycles. The summed E-state index contributed by atoms with van der Waals surface area (Å²) < 4.78 is 5.81. The zero-order valence-corrected chi connectivity index (χ0v) is 16.3. The van der Waals surface area contributed by atoms with Gasteiger partial charge in [-0.15, -0.1) is 0 Å². The van der Waals surface area contributed by atoms with Crippen molar-refractivity contribution in [1.82, 2.24) is 0 Å². The minimum absolute atomic E-state index is 0.0151. The summed E-state index contributed by atoms with van der Waals surface area (Å²) >= 11 is 0. The minimum Gasteiger partial charge on any atom is -0.494 e. The first kappa shape index (κ1) is 19.0. The first-order chi connectivity index (χ1) is 13.0. The van der Waals surface area contributed by atoms with Crippen LogP contribution in [0.5, 0.6) is 5.75 Å². The highest BCUT2D eigenvalue weighted by atomic mass is 16.5. The Labute approximate surface area is 161 Å². The van der Waals surface area contributed by atoms with E-state index >= 15 is 0 Å². The number of fused-ring (bicyclic) bond motifs is 1. The van der Waals surface area contributed by atoms with Crippen molar-refractivity contribution >= 4 is 22.4 Å². The molecule has 0 radical (unpaired) electrons. The summed E-state index contributed by atoms with van der Waals surface area (Å²) in [6.45, 7) is 7.03. The first-order valence-corrected chi connectivity index (χ1v) is 9.55. The van der Waals surface area contributed by atoms with Gasteiger partial charge < -0.3 is 10.1 Å². The highest BCUT2D eigenvalue weighted by Gasteiger charge is 2.07. The number of hydrogen-bond donors (Lipinski definition) is 1. The van der Waals surface area contributed by atoms with Gasteiger partial charge in [0.15, 0.2) is 0 Å². The number of carbonyl (C=O) groups is 1. The third kappa shape index (κ3) is 4.88. The standard InChI is InChI=1S/C24H27NO2/c1-17(2)21-14-13-20(16-18(21)3)27-15-7-12-24(26)25-23-11-6-9-19-8-4-5-10-22(19)23/h4-6,8-11,13-14,16-17H,7,12,15H2,1-3H3,(H,25,26). The van der Waals surface area contributed by atoms with Crippen molar-refractivity contribution < 1.29 is 9.53 Å². The van der Waals surface area contributed by atoms with Gasteiger partial charge in [0.2, 0.25) is 5.91 Å². The number of rotatable bonds is 7. The zero-order valence-electron chi connectivity index (χ0n) is 16.3. The SMILES string of the molecule is Cc1cc(OCCCC(=O)Nc2cccc3ccccc23)ccc1C(C)C. The normalized spacial score (nSPS) is 11.0. The lowest BCUT2D eigenvalue weighted by molar-refractivity contribution is -0.116. The Morgan fingerprint density at radius 3 is 2.59 bits per heavy atom. The minimum atomic E-state index is 0.0151. The summed E-state index contributed by atoms with van der Waals surface area (Å²) in [6, 6.07) is 20.2. The molecule has 3 nitrogen and oxygen atoms in total. The molecule has 0 fully saturated rings. The van der Waals surface area contributed by atoms with Crippen LogP contribution in [-0.2, 0) is 4.79 Å². The number of nitrogens with one attached hydrogen (secondary N) is 1. The van der Waals surface area contributed by atoms with Crippen LogP contribution < -0.4 is 10.1 Å². The molecule has 3 aromatic carbocycles. The summed E-state index contributed by atoms with van der Waals surface area (Å²) in [4.78, 5) is 12.3. The van der Waals surface area contributed by atoms with Crippen LogP contribution in [-0.4, -0.2) is 12.5 Å². The molecule has 0 atom stereocenters. The largest absolute Gasteiger partial charge is 0.494 e. The number of carbonyl (C=O) groups excluding carboxylic acids is 1. The lowest BCUT2D eigenvalue weighted by atomic mass is 9.98. The van der Waals surface area contributed by atoms with Gasteiger partial charge in [-0.1, -0.05) is 56.3 Å². The predicted octanol–water partition coefficient (Wildman–Crippen LogP) is 6.07. The summed E-state index contributed by atoms with van der Waals surface area (Å²) in [5, 5.41) is 5.20. The van der Waals surface area contributed by atoms with Crippen LogP contribution in [0.15, 0.2) is 60.7 Å². The van der Waals surface area contributed by atoms with Crippen LogP contribution >= 0.6 is 0 Å². The maximum Gasteiger partial charge on any atom is 0.224 e. The van der Waals surface area contributed by atoms with Crippen molar-refractivity contribution in [3.8, 4) is 5.75 Å². The van der Waals surface area contributed by atoms with Crippen molar-refractivity contribution in [3.63, 3.8) is 0 Å². The van der Waals surface area contributed by atoms with Crippen LogP contribution in [0.1, 0.15) is 43.7 Å². The maximum atomic E-state index is 12.3. The quantitative estimate of drug-likeness (QED) is 0.519. The topological polar surface area (TPSA) is 38.3 Å². The first-order valence-electron chi connectivity index (χ1n) is 9.55. The third-order valence-electron chi connectivity index (χ3n) is 4.74. The van der Waals surface area contributed by atoms with E-state index in [0.29, 0.717) is 25.4 Å².